The van der Waals surface area contributed by atoms with E-state index in [1.165, 1.54) is 25.7 Å². The van der Waals surface area contributed by atoms with Gasteiger partial charge in [0.15, 0.2) is 18.9 Å². The van der Waals surface area contributed by atoms with E-state index in [9.17, 15) is 61.0 Å². The molecule has 12 N–H and O–H groups in total. The van der Waals surface area contributed by atoms with E-state index in [1.54, 1.807) is 12.2 Å². The monoisotopic (exact) mass is 1160 g/mol. The minimum absolute atomic E-state index is 0.143. The average Bonchev–Trinajstić information content (AvgIpc) is 3.14. The molecule has 0 radical (unpaired) electrons. The van der Waals surface area contributed by atoms with Crippen LogP contribution in [0.3, 0.4) is 0 Å². The van der Waals surface area contributed by atoms with Crippen molar-refractivity contribution < 1.29 is 89.4 Å². The molecule has 3 saturated heterocycles. The molecule has 0 saturated carbocycles. The largest absolute Gasteiger partial charge is 0.394 e. The molecule has 0 aromatic carbocycles. The van der Waals surface area contributed by atoms with Gasteiger partial charge in [-0.05, 0) is 96.3 Å². The molecule has 3 rings (SSSR count). The molecule has 82 heavy (non-hydrogen) atoms. The normalized spacial score (nSPS) is 30.5. The Morgan fingerprint density at radius 2 is 0.854 bits per heavy atom. The highest BCUT2D eigenvalue weighted by Crippen LogP contribution is 2.33. The second kappa shape index (κ2) is 44.6. The number of hydrogen-bond acceptors (Lipinski definition) is 18. The molecule has 0 spiro atoms. The number of unbranched alkanes of at least 4 members (excludes halogenated alkanes) is 7. The predicted octanol–water partition coefficient (Wildman–Crippen LogP) is 5.31. The molecule has 3 aliphatic rings. The van der Waals surface area contributed by atoms with E-state index in [0.29, 0.717) is 19.3 Å². The fourth-order valence-corrected chi connectivity index (χ4v) is 9.09. The van der Waals surface area contributed by atoms with Crippen molar-refractivity contribution in [2.45, 2.75) is 240 Å². The van der Waals surface area contributed by atoms with Crippen LogP contribution in [0.5, 0.6) is 0 Å². The highest BCUT2D eigenvalue weighted by atomic mass is 16.8. The summed E-state index contributed by atoms with van der Waals surface area (Å²) >= 11 is 0. The van der Waals surface area contributed by atoms with E-state index < -0.39 is 131 Å². The van der Waals surface area contributed by atoms with Gasteiger partial charge in [-0.15, -0.1) is 0 Å². The fourth-order valence-electron chi connectivity index (χ4n) is 9.09. The molecule has 0 aliphatic carbocycles. The third kappa shape index (κ3) is 27.9. The lowest BCUT2D eigenvalue weighted by molar-refractivity contribution is -0.379. The number of hydrogen-bond donors (Lipinski definition) is 12. The average molecular weight is 1160 g/mol. The molecule has 0 aromatic rings. The Kier molecular flexibility index (Phi) is 39.4. The summed E-state index contributed by atoms with van der Waals surface area (Å²) < 4.78 is 34.1. The smallest absolute Gasteiger partial charge is 0.220 e. The lowest BCUT2D eigenvalue weighted by Crippen LogP contribution is -2.66. The second-order valence-corrected chi connectivity index (χ2v) is 20.7. The van der Waals surface area contributed by atoms with Gasteiger partial charge in [0.1, 0.15) is 73.2 Å². The number of amides is 1. The third-order valence-electron chi connectivity index (χ3n) is 14.0. The number of aliphatic hydroxyl groups excluding tert-OH is 11. The van der Waals surface area contributed by atoms with E-state index in [1.807, 2.05) is 12.2 Å². The van der Waals surface area contributed by atoms with Crippen LogP contribution in [0, 0.1) is 0 Å². The lowest BCUT2D eigenvalue weighted by Gasteiger charge is -2.48. The Hall–Kier alpha value is -3.81. The molecule has 19 nitrogen and oxygen atoms in total. The number of nitrogens with one attached hydrogen (secondary N) is 1. The standard InChI is InChI=1S/C63H101NO18/c1-3-5-7-9-11-13-15-17-19-20-21-22-23-24-25-26-27-29-31-33-35-37-39-41-51(69)64-46(47(68)40-38-36-34-32-30-28-18-16-14-12-10-8-6-4-2)45-77-61-57(75)54(72)59(49(43-66)79-61)82-63-58(76)55(73)60(50(44-67)80-63)81-62-56(74)53(71)52(70)48(42-65)78-62/h5,7,11,13-14,16-17,19,21-22,24-25,27,29-30,32-33,35,38,40,46-50,52-63,65-68,70-76H,3-4,6,8-10,12,15,18,20,23,26,28,31,34,36-37,39,41-45H2,1-2H3,(H,64,69)/b7-5-,13-11-,16-14+,19-17-,22-21-,25-24-,29-27-,32-30+,35-33-,40-38+. The molecule has 3 aliphatic heterocycles. The zero-order valence-corrected chi connectivity index (χ0v) is 48.4. The minimum Gasteiger partial charge on any atom is -0.394 e. The lowest BCUT2D eigenvalue weighted by atomic mass is 9.96. The first kappa shape index (κ1) is 72.4. The SMILES string of the molecule is CC/C=C\C/C=C\C/C=C\C/C=C\C/C=C\C/C=C\C/C=C\CCCC(=O)NC(COC1OC(CO)C(OC2OC(CO)C(OC3OC(CO)C(O)C(O)C3O)C(O)C2O)C(O)C1O)C(O)/C=C/CC/C=C/CC/C=C/CCCCCC. The van der Waals surface area contributed by atoms with Crippen molar-refractivity contribution in [1.82, 2.24) is 5.32 Å². The molecular formula is C63H101NO18. The first-order valence-electron chi connectivity index (χ1n) is 29.8. The van der Waals surface area contributed by atoms with E-state index >= 15 is 0 Å². The summed E-state index contributed by atoms with van der Waals surface area (Å²) in [5.74, 6) is -0.355. The minimum atomic E-state index is -1.99. The van der Waals surface area contributed by atoms with Gasteiger partial charge in [-0.1, -0.05) is 155 Å². The van der Waals surface area contributed by atoms with Gasteiger partial charge < -0.3 is 89.9 Å². The number of carbonyl (C=O) groups is 1. The molecule has 19 heteroatoms. The first-order chi connectivity index (χ1) is 39.8. The highest BCUT2D eigenvalue weighted by Gasteiger charge is 2.53. The van der Waals surface area contributed by atoms with Gasteiger partial charge >= 0.3 is 0 Å². The third-order valence-corrected chi connectivity index (χ3v) is 14.0. The number of aliphatic hydroxyl groups is 11. The van der Waals surface area contributed by atoms with E-state index in [-0.39, 0.29) is 12.3 Å². The molecule has 17 atom stereocenters. The van der Waals surface area contributed by atoms with Crippen LogP contribution in [0.25, 0.3) is 0 Å². The zero-order chi connectivity index (χ0) is 59.7. The highest BCUT2D eigenvalue weighted by molar-refractivity contribution is 5.76. The van der Waals surface area contributed by atoms with Crippen LogP contribution in [0.2, 0.25) is 0 Å². The van der Waals surface area contributed by atoms with Crippen molar-refractivity contribution in [1.29, 1.82) is 0 Å². The van der Waals surface area contributed by atoms with Crippen LogP contribution >= 0.6 is 0 Å². The van der Waals surface area contributed by atoms with Gasteiger partial charge in [-0.2, -0.15) is 0 Å². The quantitative estimate of drug-likeness (QED) is 0.0273. The second-order valence-electron chi connectivity index (χ2n) is 20.7. The maximum absolute atomic E-state index is 13.3. The van der Waals surface area contributed by atoms with Gasteiger partial charge in [0, 0.05) is 6.42 Å². The van der Waals surface area contributed by atoms with Gasteiger partial charge in [0.05, 0.1) is 38.6 Å². The Balaban J connectivity index is 1.53. The van der Waals surface area contributed by atoms with E-state index in [4.69, 9.17) is 28.4 Å². The molecular weight excluding hydrogens is 1060 g/mol. The first-order valence-corrected chi connectivity index (χ1v) is 29.8. The molecule has 3 fully saturated rings. The topological polar surface area (TPSA) is 307 Å². The summed E-state index contributed by atoms with van der Waals surface area (Å²) in [4.78, 5) is 13.3. The maximum Gasteiger partial charge on any atom is 0.220 e. The van der Waals surface area contributed by atoms with Gasteiger partial charge in [-0.3, -0.25) is 4.79 Å². The van der Waals surface area contributed by atoms with Gasteiger partial charge in [0.2, 0.25) is 5.91 Å². The summed E-state index contributed by atoms with van der Waals surface area (Å²) in [6.45, 7) is 1.47. The van der Waals surface area contributed by atoms with E-state index in [0.717, 1.165) is 70.6 Å². The summed E-state index contributed by atoms with van der Waals surface area (Å²) in [5.41, 5.74) is 0. The van der Waals surface area contributed by atoms with Gasteiger partial charge in [-0.25, -0.2) is 0 Å². The Labute approximate surface area is 487 Å². The van der Waals surface area contributed by atoms with Crippen molar-refractivity contribution >= 4 is 5.91 Å². The summed E-state index contributed by atoms with van der Waals surface area (Å²) in [6.07, 6.45) is 31.9. The Morgan fingerprint density at radius 1 is 0.451 bits per heavy atom. The Morgan fingerprint density at radius 3 is 1.34 bits per heavy atom. The molecule has 3 heterocycles. The van der Waals surface area contributed by atoms with Gasteiger partial charge in [0.25, 0.3) is 0 Å². The Bertz CT molecular complexity index is 1960. The van der Waals surface area contributed by atoms with Crippen LogP contribution in [0.15, 0.2) is 122 Å². The summed E-state index contributed by atoms with van der Waals surface area (Å²) in [7, 11) is 0. The van der Waals surface area contributed by atoms with Crippen molar-refractivity contribution in [3.8, 4) is 0 Å². The molecule has 466 valence electrons. The van der Waals surface area contributed by atoms with Crippen molar-refractivity contribution in [2.24, 2.45) is 0 Å². The summed E-state index contributed by atoms with van der Waals surface area (Å²) in [5, 5.41) is 120. The van der Waals surface area contributed by atoms with Crippen LogP contribution in [0.4, 0.5) is 0 Å². The van der Waals surface area contributed by atoms with E-state index in [2.05, 4.69) is 116 Å². The van der Waals surface area contributed by atoms with Crippen molar-refractivity contribution in [2.75, 3.05) is 26.4 Å². The maximum atomic E-state index is 13.3. The van der Waals surface area contributed by atoms with Crippen molar-refractivity contribution in [3.05, 3.63) is 122 Å². The predicted molar refractivity (Wildman–Crippen MR) is 313 cm³/mol. The number of carbonyl (C=O) groups excluding carboxylic acids is 1. The number of allylic oxidation sites excluding steroid dienone is 19. The van der Waals surface area contributed by atoms with Crippen LogP contribution in [-0.4, -0.2) is 193 Å². The molecule has 0 aromatic heterocycles. The molecule has 0 bridgehead atoms. The van der Waals surface area contributed by atoms with Crippen LogP contribution in [-0.2, 0) is 33.2 Å². The molecule has 1 amide bonds. The fraction of sp³-hybridized carbons (Fsp3) is 0.667. The van der Waals surface area contributed by atoms with Crippen LogP contribution < -0.4 is 5.32 Å². The summed E-state index contributed by atoms with van der Waals surface area (Å²) in [6, 6.07) is -1.04. The van der Waals surface area contributed by atoms with Crippen molar-refractivity contribution in [3.63, 3.8) is 0 Å². The van der Waals surface area contributed by atoms with Crippen LogP contribution in [0.1, 0.15) is 136 Å². The number of rotatable bonds is 41. The zero-order valence-electron chi connectivity index (χ0n) is 48.4. The molecule has 17 unspecified atom stereocenters. The number of ether oxygens (including phenoxy) is 6.